The highest BCUT2D eigenvalue weighted by molar-refractivity contribution is 7.19. The maximum Gasteiger partial charge on any atom is 0.0556 e. The lowest BCUT2D eigenvalue weighted by Crippen LogP contribution is -2.30. The fourth-order valence-corrected chi connectivity index (χ4v) is 3.64. The lowest BCUT2D eigenvalue weighted by Gasteiger charge is -2.28. The number of nitrogens with one attached hydrogen (secondary N) is 1. The number of hydrogen-bond donors (Lipinski definition) is 2. The molecule has 90 valence electrons. The first-order valence-electron chi connectivity index (χ1n) is 6.31. The maximum atomic E-state index is 5.71. The second kappa shape index (κ2) is 4.77. The third-order valence-electron chi connectivity index (χ3n) is 3.78. The molecule has 1 aromatic heterocycles. The highest BCUT2D eigenvalue weighted by Gasteiger charge is 2.23. The largest absolute Gasteiger partial charge is 0.271 e. The average molecular weight is 246 g/mol. The summed E-state index contributed by atoms with van der Waals surface area (Å²) in [5.41, 5.74) is 2.99. The number of nitrogens with two attached hydrogens (primary N) is 1. The summed E-state index contributed by atoms with van der Waals surface area (Å²) in [7, 11) is 0. The van der Waals surface area contributed by atoms with Gasteiger partial charge in [0, 0.05) is 9.58 Å². The van der Waals surface area contributed by atoms with Gasteiger partial charge in [0.1, 0.15) is 0 Å². The Morgan fingerprint density at radius 2 is 2.18 bits per heavy atom. The number of rotatable bonds is 4. The smallest absolute Gasteiger partial charge is 0.0556 e. The first-order chi connectivity index (χ1) is 8.36. The zero-order valence-corrected chi connectivity index (χ0v) is 10.7. The van der Waals surface area contributed by atoms with Crippen molar-refractivity contribution >= 4 is 21.4 Å². The molecule has 1 heterocycles. The van der Waals surface area contributed by atoms with Crippen LogP contribution in [0.2, 0.25) is 0 Å². The molecule has 0 amide bonds. The van der Waals surface area contributed by atoms with Gasteiger partial charge in [-0.05, 0) is 29.9 Å². The van der Waals surface area contributed by atoms with E-state index < -0.39 is 0 Å². The molecule has 1 unspecified atom stereocenters. The van der Waals surface area contributed by atoms with Crippen LogP contribution >= 0.6 is 11.3 Å². The summed E-state index contributed by atoms with van der Waals surface area (Å²) in [6.07, 6.45) is 5.34. The zero-order chi connectivity index (χ0) is 11.7. The van der Waals surface area contributed by atoms with Gasteiger partial charge in [0.05, 0.1) is 6.04 Å². The standard InChI is InChI=1S/C14H18N2S/c15-16-12(8-10-4-3-5-10)14-9-11-6-1-2-7-13(11)17-14/h1-2,6-7,9-10,12,16H,3-5,8,15H2. The van der Waals surface area contributed by atoms with E-state index in [9.17, 15) is 0 Å². The Balaban J connectivity index is 1.84. The molecule has 1 aliphatic carbocycles. The summed E-state index contributed by atoms with van der Waals surface area (Å²) in [5.74, 6) is 6.59. The summed E-state index contributed by atoms with van der Waals surface area (Å²) in [6, 6.07) is 11.2. The van der Waals surface area contributed by atoms with Gasteiger partial charge in [0.2, 0.25) is 0 Å². The molecule has 3 rings (SSSR count). The monoisotopic (exact) mass is 246 g/mol. The van der Waals surface area contributed by atoms with Gasteiger partial charge in [0.15, 0.2) is 0 Å². The van der Waals surface area contributed by atoms with Crippen LogP contribution < -0.4 is 11.3 Å². The molecular weight excluding hydrogens is 228 g/mol. The Bertz CT molecular complexity index is 469. The third-order valence-corrected chi connectivity index (χ3v) is 5.01. The summed E-state index contributed by atoms with van der Waals surface area (Å²) >= 11 is 1.86. The maximum absolute atomic E-state index is 5.71. The van der Waals surface area contributed by atoms with Crippen LogP contribution in [-0.4, -0.2) is 0 Å². The van der Waals surface area contributed by atoms with E-state index in [1.165, 1.54) is 40.6 Å². The molecule has 0 spiro atoms. The number of hydrazine groups is 1. The van der Waals surface area contributed by atoms with Gasteiger partial charge in [0.25, 0.3) is 0 Å². The zero-order valence-electron chi connectivity index (χ0n) is 9.86. The van der Waals surface area contributed by atoms with Gasteiger partial charge in [-0.2, -0.15) is 0 Å². The van der Waals surface area contributed by atoms with Crippen molar-refractivity contribution in [2.24, 2.45) is 11.8 Å². The van der Waals surface area contributed by atoms with Crippen LogP contribution in [0.3, 0.4) is 0 Å². The van der Waals surface area contributed by atoms with Crippen molar-refractivity contribution in [1.29, 1.82) is 0 Å². The Morgan fingerprint density at radius 3 is 2.82 bits per heavy atom. The average Bonchev–Trinajstić information content (AvgIpc) is 2.71. The van der Waals surface area contributed by atoms with Gasteiger partial charge in [-0.3, -0.25) is 11.3 Å². The van der Waals surface area contributed by atoms with E-state index in [1.807, 2.05) is 11.3 Å². The van der Waals surface area contributed by atoms with Crippen molar-refractivity contribution in [3.8, 4) is 0 Å². The third kappa shape index (κ3) is 2.23. The van der Waals surface area contributed by atoms with Crippen LogP contribution in [0.4, 0.5) is 0 Å². The Hall–Kier alpha value is -0.900. The minimum absolute atomic E-state index is 0.331. The van der Waals surface area contributed by atoms with Crippen molar-refractivity contribution in [2.45, 2.75) is 31.7 Å². The van der Waals surface area contributed by atoms with Crippen molar-refractivity contribution < 1.29 is 0 Å². The topological polar surface area (TPSA) is 38.0 Å². The van der Waals surface area contributed by atoms with Gasteiger partial charge in [-0.15, -0.1) is 11.3 Å². The molecule has 2 nitrogen and oxygen atoms in total. The molecule has 0 saturated heterocycles. The lowest BCUT2D eigenvalue weighted by molar-refractivity contribution is 0.263. The van der Waals surface area contributed by atoms with Crippen LogP contribution in [0.5, 0.6) is 0 Å². The normalized spacial score (nSPS) is 18.2. The number of hydrogen-bond acceptors (Lipinski definition) is 3. The summed E-state index contributed by atoms with van der Waals surface area (Å²) in [4.78, 5) is 1.38. The molecule has 3 N–H and O–H groups in total. The van der Waals surface area contributed by atoms with E-state index in [-0.39, 0.29) is 0 Å². The molecule has 0 radical (unpaired) electrons. The van der Waals surface area contributed by atoms with Crippen molar-refractivity contribution in [3.05, 3.63) is 35.2 Å². The van der Waals surface area contributed by atoms with Crippen molar-refractivity contribution in [1.82, 2.24) is 5.43 Å². The second-order valence-corrected chi connectivity index (χ2v) is 6.05. The van der Waals surface area contributed by atoms with E-state index >= 15 is 0 Å². The van der Waals surface area contributed by atoms with Gasteiger partial charge >= 0.3 is 0 Å². The predicted molar refractivity (Wildman–Crippen MR) is 73.8 cm³/mol. The molecule has 0 aliphatic heterocycles. The van der Waals surface area contributed by atoms with Crippen LogP contribution in [0.15, 0.2) is 30.3 Å². The lowest BCUT2D eigenvalue weighted by atomic mass is 9.81. The van der Waals surface area contributed by atoms with Crippen LogP contribution in [0.1, 0.15) is 36.6 Å². The second-order valence-electron chi connectivity index (χ2n) is 4.94. The molecule has 1 fully saturated rings. The van der Waals surface area contributed by atoms with Crippen LogP contribution in [-0.2, 0) is 0 Å². The molecule has 1 saturated carbocycles. The van der Waals surface area contributed by atoms with E-state index in [1.54, 1.807) is 0 Å². The number of thiophene rings is 1. The Labute approximate surface area is 106 Å². The molecule has 17 heavy (non-hydrogen) atoms. The fraction of sp³-hybridized carbons (Fsp3) is 0.429. The predicted octanol–water partition coefficient (Wildman–Crippen LogP) is 3.60. The first kappa shape index (κ1) is 11.2. The minimum atomic E-state index is 0.331. The number of fused-ring (bicyclic) bond motifs is 1. The van der Waals surface area contributed by atoms with E-state index in [2.05, 4.69) is 35.8 Å². The highest BCUT2D eigenvalue weighted by Crippen LogP contribution is 2.37. The van der Waals surface area contributed by atoms with E-state index in [0.717, 1.165) is 5.92 Å². The van der Waals surface area contributed by atoms with Crippen molar-refractivity contribution in [2.75, 3.05) is 0 Å². The summed E-state index contributed by atoms with van der Waals surface area (Å²) in [5, 5.41) is 1.33. The highest BCUT2D eigenvalue weighted by atomic mass is 32.1. The fourth-order valence-electron chi connectivity index (χ4n) is 2.50. The van der Waals surface area contributed by atoms with E-state index in [4.69, 9.17) is 5.84 Å². The SMILES string of the molecule is NNC(CC1CCC1)c1cc2ccccc2s1. The molecule has 3 heteroatoms. The minimum Gasteiger partial charge on any atom is -0.271 e. The molecule has 1 atom stereocenters. The Morgan fingerprint density at radius 1 is 1.35 bits per heavy atom. The van der Waals surface area contributed by atoms with Crippen LogP contribution in [0, 0.1) is 5.92 Å². The summed E-state index contributed by atoms with van der Waals surface area (Å²) < 4.78 is 1.36. The van der Waals surface area contributed by atoms with Crippen LogP contribution in [0.25, 0.3) is 10.1 Å². The molecule has 1 aromatic carbocycles. The molecule has 1 aliphatic rings. The summed E-state index contributed by atoms with van der Waals surface area (Å²) in [6.45, 7) is 0. The van der Waals surface area contributed by atoms with Gasteiger partial charge in [-0.25, -0.2) is 0 Å². The van der Waals surface area contributed by atoms with Gasteiger partial charge < -0.3 is 0 Å². The Kier molecular flexibility index (Phi) is 3.14. The van der Waals surface area contributed by atoms with E-state index in [0.29, 0.717) is 6.04 Å². The van der Waals surface area contributed by atoms with Gasteiger partial charge in [-0.1, -0.05) is 37.5 Å². The molecule has 0 bridgehead atoms. The number of benzene rings is 1. The quantitative estimate of drug-likeness (QED) is 0.639. The molecule has 2 aromatic rings. The first-order valence-corrected chi connectivity index (χ1v) is 7.13. The van der Waals surface area contributed by atoms with Crippen molar-refractivity contribution in [3.63, 3.8) is 0 Å². The molecular formula is C14H18N2S.